The molecular weight excluding hydrogens is 260 g/mol. The summed E-state index contributed by atoms with van der Waals surface area (Å²) < 4.78 is 4.87. The number of ether oxygens (including phenoxy) is 1. The Labute approximate surface area is 109 Å². The summed E-state index contributed by atoms with van der Waals surface area (Å²) in [6.45, 7) is 0.242. The van der Waals surface area contributed by atoms with Crippen LogP contribution in [0.15, 0.2) is 18.2 Å². The number of phenols is 1. The zero-order valence-electron chi connectivity index (χ0n) is 9.48. The van der Waals surface area contributed by atoms with Crippen molar-refractivity contribution in [2.24, 2.45) is 5.73 Å². The van der Waals surface area contributed by atoms with Crippen molar-refractivity contribution in [1.29, 1.82) is 0 Å². The van der Waals surface area contributed by atoms with E-state index in [4.69, 9.17) is 22.1 Å². The highest BCUT2D eigenvalue weighted by molar-refractivity contribution is 6.32. The molecule has 0 atom stereocenters. The molecule has 0 unspecified atom stereocenters. The molecule has 18 heavy (non-hydrogen) atoms. The molecule has 0 saturated heterocycles. The third-order valence-corrected chi connectivity index (χ3v) is 2.29. The van der Waals surface area contributed by atoms with Crippen LogP contribution in [0.1, 0.15) is 10.4 Å². The molecule has 2 amide bonds. The van der Waals surface area contributed by atoms with E-state index in [9.17, 15) is 14.7 Å². The molecule has 1 aromatic rings. The van der Waals surface area contributed by atoms with Gasteiger partial charge in [0.25, 0.3) is 5.91 Å². The molecular formula is C11H13ClN2O4. The molecule has 0 radical (unpaired) electrons. The van der Waals surface area contributed by atoms with E-state index in [1.807, 2.05) is 0 Å². The number of primary amides is 1. The van der Waals surface area contributed by atoms with Crippen molar-refractivity contribution in [2.45, 2.75) is 0 Å². The largest absolute Gasteiger partial charge is 0.506 e. The van der Waals surface area contributed by atoms with Gasteiger partial charge in [-0.25, -0.2) is 0 Å². The number of aromatic hydroxyl groups is 1. The highest BCUT2D eigenvalue weighted by Crippen LogP contribution is 2.23. The number of halogens is 1. The Kier molecular flexibility index (Phi) is 5.41. The maximum Gasteiger partial charge on any atom is 0.251 e. The first kappa shape index (κ1) is 14.3. The van der Waals surface area contributed by atoms with Crippen molar-refractivity contribution in [2.75, 3.05) is 19.8 Å². The number of carbonyl (C=O) groups excluding carboxylic acids is 2. The number of phenolic OH excluding ortho intramolecular Hbond substituents is 1. The van der Waals surface area contributed by atoms with Crippen LogP contribution < -0.4 is 11.1 Å². The van der Waals surface area contributed by atoms with Crippen molar-refractivity contribution in [3.05, 3.63) is 28.8 Å². The van der Waals surface area contributed by atoms with Gasteiger partial charge in [-0.1, -0.05) is 11.6 Å². The van der Waals surface area contributed by atoms with Crippen LogP contribution in [-0.2, 0) is 9.53 Å². The van der Waals surface area contributed by atoms with Gasteiger partial charge in [0.05, 0.1) is 11.6 Å². The molecule has 98 valence electrons. The van der Waals surface area contributed by atoms with E-state index in [0.717, 1.165) is 0 Å². The Morgan fingerprint density at radius 2 is 2.17 bits per heavy atom. The van der Waals surface area contributed by atoms with Crippen LogP contribution in [0.3, 0.4) is 0 Å². The topological polar surface area (TPSA) is 102 Å². The van der Waals surface area contributed by atoms with Gasteiger partial charge in [0.15, 0.2) is 0 Å². The van der Waals surface area contributed by atoms with Gasteiger partial charge in [0.2, 0.25) is 5.91 Å². The van der Waals surface area contributed by atoms with Crippen LogP contribution in [-0.4, -0.2) is 36.7 Å². The second kappa shape index (κ2) is 6.83. The third-order valence-electron chi connectivity index (χ3n) is 1.99. The van der Waals surface area contributed by atoms with Gasteiger partial charge in [-0.05, 0) is 18.2 Å². The summed E-state index contributed by atoms with van der Waals surface area (Å²) in [6.07, 6.45) is 0. The average molecular weight is 273 g/mol. The van der Waals surface area contributed by atoms with E-state index < -0.39 is 5.91 Å². The summed E-state index contributed by atoms with van der Waals surface area (Å²) in [4.78, 5) is 22.0. The second-order valence-corrected chi connectivity index (χ2v) is 3.85. The Morgan fingerprint density at radius 3 is 2.78 bits per heavy atom. The Bertz CT molecular complexity index is 451. The molecule has 0 aliphatic carbocycles. The summed E-state index contributed by atoms with van der Waals surface area (Å²) in [7, 11) is 0. The second-order valence-electron chi connectivity index (χ2n) is 3.44. The molecule has 0 bridgehead atoms. The molecule has 0 aliphatic heterocycles. The van der Waals surface area contributed by atoms with Crippen molar-refractivity contribution in [3.63, 3.8) is 0 Å². The zero-order chi connectivity index (χ0) is 13.5. The number of benzene rings is 1. The molecule has 4 N–H and O–H groups in total. The SMILES string of the molecule is NC(=O)COCCNC(=O)c1ccc(O)c(Cl)c1. The van der Waals surface area contributed by atoms with Gasteiger partial charge in [0, 0.05) is 12.1 Å². The summed E-state index contributed by atoms with van der Waals surface area (Å²) in [5, 5.41) is 11.9. The third kappa shape index (κ3) is 4.60. The standard InChI is InChI=1S/C11H13ClN2O4/c12-8-5-7(1-2-9(8)15)11(17)14-3-4-18-6-10(13)16/h1-2,5,15H,3-4,6H2,(H2,13,16)(H,14,17). The monoisotopic (exact) mass is 272 g/mol. The van der Waals surface area contributed by atoms with Gasteiger partial charge in [-0.3, -0.25) is 9.59 Å². The molecule has 6 nitrogen and oxygen atoms in total. The molecule has 0 fully saturated rings. The lowest BCUT2D eigenvalue weighted by atomic mass is 10.2. The summed E-state index contributed by atoms with van der Waals surface area (Å²) in [5.74, 6) is -0.996. The number of rotatable bonds is 6. The Balaban J connectivity index is 2.36. The summed E-state index contributed by atoms with van der Waals surface area (Å²) >= 11 is 5.67. The maximum absolute atomic E-state index is 11.6. The van der Waals surface area contributed by atoms with Crippen molar-refractivity contribution in [3.8, 4) is 5.75 Å². The van der Waals surface area contributed by atoms with Gasteiger partial charge >= 0.3 is 0 Å². The van der Waals surface area contributed by atoms with Crippen molar-refractivity contribution < 1.29 is 19.4 Å². The van der Waals surface area contributed by atoms with E-state index in [0.29, 0.717) is 5.56 Å². The molecule has 0 heterocycles. The van der Waals surface area contributed by atoms with Gasteiger partial charge in [0.1, 0.15) is 12.4 Å². The minimum absolute atomic E-state index is 0.0852. The predicted molar refractivity (Wildman–Crippen MR) is 65.5 cm³/mol. The number of nitrogens with one attached hydrogen (secondary N) is 1. The lowest BCUT2D eigenvalue weighted by Crippen LogP contribution is -2.28. The predicted octanol–water partition coefficient (Wildman–Crippen LogP) is 0.277. The van der Waals surface area contributed by atoms with E-state index in [-0.39, 0.29) is 36.4 Å². The van der Waals surface area contributed by atoms with Crippen LogP contribution in [0.5, 0.6) is 5.75 Å². The quantitative estimate of drug-likeness (QED) is 0.647. The molecule has 1 aromatic carbocycles. The highest BCUT2D eigenvalue weighted by atomic mass is 35.5. The van der Waals surface area contributed by atoms with Crippen LogP contribution in [0.25, 0.3) is 0 Å². The zero-order valence-corrected chi connectivity index (χ0v) is 10.2. The van der Waals surface area contributed by atoms with Gasteiger partial charge in [-0.2, -0.15) is 0 Å². The lowest BCUT2D eigenvalue weighted by molar-refractivity contribution is -0.122. The smallest absolute Gasteiger partial charge is 0.251 e. The summed E-state index contributed by atoms with van der Waals surface area (Å²) in [5.41, 5.74) is 5.19. The Hall–Kier alpha value is -1.79. The molecule has 0 spiro atoms. The van der Waals surface area contributed by atoms with Crippen molar-refractivity contribution in [1.82, 2.24) is 5.32 Å². The fourth-order valence-electron chi connectivity index (χ4n) is 1.16. The lowest BCUT2D eigenvalue weighted by Gasteiger charge is -2.06. The number of hydrogen-bond acceptors (Lipinski definition) is 4. The number of carbonyl (C=O) groups is 2. The van der Waals surface area contributed by atoms with Gasteiger partial charge in [-0.15, -0.1) is 0 Å². The van der Waals surface area contributed by atoms with Crippen LogP contribution in [0.4, 0.5) is 0 Å². The minimum Gasteiger partial charge on any atom is -0.506 e. The number of nitrogens with two attached hydrogens (primary N) is 1. The van der Waals surface area contributed by atoms with Crippen LogP contribution in [0.2, 0.25) is 5.02 Å². The van der Waals surface area contributed by atoms with Crippen LogP contribution >= 0.6 is 11.6 Å². The highest BCUT2D eigenvalue weighted by Gasteiger charge is 2.07. The molecule has 0 saturated carbocycles. The van der Waals surface area contributed by atoms with Crippen LogP contribution in [0, 0.1) is 0 Å². The van der Waals surface area contributed by atoms with E-state index in [2.05, 4.69) is 5.32 Å². The maximum atomic E-state index is 11.6. The summed E-state index contributed by atoms with van der Waals surface area (Å²) in [6, 6.07) is 4.14. The number of amides is 2. The fourth-order valence-corrected chi connectivity index (χ4v) is 1.34. The number of hydrogen-bond donors (Lipinski definition) is 3. The fraction of sp³-hybridized carbons (Fsp3) is 0.273. The molecule has 0 aliphatic rings. The minimum atomic E-state index is -0.563. The Morgan fingerprint density at radius 1 is 1.44 bits per heavy atom. The normalized spacial score (nSPS) is 10.1. The first-order chi connectivity index (χ1) is 8.50. The molecule has 1 rings (SSSR count). The first-order valence-electron chi connectivity index (χ1n) is 5.13. The van der Waals surface area contributed by atoms with E-state index in [1.165, 1.54) is 18.2 Å². The van der Waals surface area contributed by atoms with E-state index >= 15 is 0 Å². The average Bonchev–Trinajstić information content (AvgIpc) is 2.31. The van der Waals surface area contributed by atoms with E-state index in [1.54, 1.807) is 0 Å². The first-order valence-corrected chi connectivity index (χ1v) is 5.51. The molecule has 0 aromatic heterocycles. The van der Waals surface area contributed by atoms with Crippen molar-refractivity contribution >= 4 is 23.4 Å². The van der Waals surface area contributed by atoms with Gasteiger partial charge < -0.3 is 20.9 Å². The molecule has 7 heteroatoms.